The standard InChI is InChI=1S/C26H34N3O6P/c1-18(25(32)29-15-9-14-22(29)24(31)27-23(19(2)30)26(33)34)28-36(35,16-20-10-5-3-6-11-20)17-21-12-7-4-8-13-21/h3-8,10-13,18-19,22-23,30H,9,14-17H2,1-2H3,(H,27,31)(H,28,35)(H,33,34)/t18-,19+,22-,23-/m0/s1. The minimum absolute atomic E-state index is 0.263. The van der Waals surface area contributed by atoms with Crippen LogP contribution in [-0.2, 0) is 31.3 Å². The van der Waals surface area contributed by atoms with Gasteiger partial charge in [0.05, 0.1) is 12.1 Å². The maximum atomic E-state index is 14.1. The summed E-state index contributed by atoms with van der Waals surface area (Å²) in [5, 5.41) is 24.4. The van der Waals surface area contributed by atoms with Crippen LogP contribution in [0.25, 0.3) is 0 Å². The molecule has 0 bridgehead atoms. The van der Waals surface area contributed by atoms with Gasteiger partial charge in [0.25, 0.3) is 0 Å². The quantitative estimate of drug-likeness (QED) is 0.338. The molecule has 194 valence electrons. The minimum atomic E-state index is -3.11. The smallest absolute Gasteiger partial charge is 0.328 e. The van der Waals surface area contributed by atoms with Crippen molar-refractivity contribution in [3.8, 4) is 0 Å². The number of carboxylic acid groups (broad SMARTS) is 1. The second-order valence-electron chi connectivity index (χ2n) is 9.28. The zero-order valence-corrected chi connectivity index (χ0v) is 21.4. The molecule has 0 saturated carbocycles. The largest absolute Gasteiger partial charge is 0.480 e. The van der Waals surface area contributed by atoms with E-state index < -0.39 is 43.4 Å². The number of rotatable bonds is 11. The highest BCUT2D eigenvalue weighted by atomic mass is 31.2. The first kappa shape index (κ1) is 27.6. The lowest BCUT2D eigenvalue weighted by atomic mass is 10.1. The third kappa shape index (κ3) is 7.26. The average molecular weight is 516 g/mol. The summed E-state index contributed by atoms with van der Waals surface area (Å²) in [5.74, 6) is -2.36. The summed E-state index contributed by atoms with van der Waals surface area (Å²) < 4.78 is 14.1. The number of aliphatic hydroxyl groups is 1. The van der Waals surface area contributed by atoms with Gasteiger partial charge >= 0.3 is 5.97 Å². The summed E-state index contributed by atoms with van der Waals surface area (Å²) in [4.78, 5) is 39.0. The van der Waals surface area contributed by atoms with Crippen molar-refractivity contribution in [3.05, 3.63) is 71.8 Å². The minimum Gasteiger partial charge on any atom is -0.480 e. The molecule has 1 aliphatic heterocycles. The lowest BCUT2D eigenvalue weighted by Gasteiger charge is -2.30. The number of nitrogens with one attached hydrogen (secondary N) is 2. The van der Waals surface area contributed by atoms with Gasteiger partial charge in [-0.05, 0) is 37.8 Å². The summed E-state index contributed by atoms with van der Waals surface area (Å²) in [6.45, 7) is 3.24. The van der Waals surface area contributed by atoms with Gasteiger partial charge in [-0.1, -0.05) is 60.7 Å². The molecular formula is C26H34N3O6P. The fraction of sp³-hybridized carbons (Fsp3) is 0.423. The Morgan fingerprint density at radius 1 is 1.00 bits per heavy atom. The van der Waals surface area contributed by atoms with Crippen LogP contribution < -0.4 is 10.4 Å². The van der Waals surface area contributed by atoms with Crippen LogP contribution in [0.2, 0.25) is 0 Å². The maximum absolute atomic E-state index is 14.1. The van der Waals surface area contributed by atoms with Crippen molar-refractivity contribution in [3.63, 3.8) is 0 Å². The van der Waals surface area contributed by atoms with Crippen LogP contribution in [0, 0.1) is 0 Å². The number of carbonyl (C=O) groups excluding carboxylic acids is 2. The molecule has 3 rings (SSSR count). The number of carboxylic acids is 1. The number of nitrogens with zero attached hydrogens (tertiary/aromatic N) is 1. The van der Waals surface area contributed by atoms with Gasteiger partial charge in [-0.25, -0.2) is 4.79 Å². The van der Waals surface area contributed by atoms with Crippen molar-refractivity contribution in [1.29, 1.82) is 0 Å². The molecule has 9 nitrogen and oxygen atoms in total. The number of hydrogen-bond acceptors (Lipinski definition) is 5. The van der Waals surface area contributed by atoms with Crippen LogP contribution in [0.3, 0.4) is 0 Å². The monoisotopic (exact) mass is 515 g/mol. The van der Waals surface area contributed by atoms with Crippen LogP contribution in [0.5, 0.6) is 0 Å². The molecule has 2 aromatic rings. The molecule has 0 radical (unpaired) electrons. The topological polar surface area (TPSA) is 136 Å². The first-order valence-corrected chi connectivity index (χ1v) is 14.1. The lowest BCUT2D eigenvalue weighted by Crippen LogP contribution is -2.55. The highest BCUT2D eigenvalue weighted by molar-refractivity contribution is 7.60. The predicted molar refractivity (Wildman–Crippen MR) is 136 cm³/mol. The number of benzene rings is 2. The maximum Gasteiger partial charge on any atom is 0.328 e. The average Bonchev–Trinajstić information content (AvgIpc) is 3.32. The van der Waals surface area contributed by atoms with E-state index in [-0.39, 0.29) is 18.2 Å². The lowest BCUT2D eigenvalue weighted by molar-refractivity contribution is -0.146. The molecule has 2 aromatic carbocycles. The molecule has 2 amide bonds. The number of carbonyl (C=O) groups is 3. The van der Waals surface area contributed by atoms with Gasteiger partial charge in [0, 0.05) is 18.9 Å². The first-order valence-electron chi connectivity index (χ1n) is 12.0. The second-order valence-corrected chi connectivity index (χ2v) is 12.0. The molecule has 0 aliphatic carbocycles. The molecule has 0 unspecified atom stereocenters. The van der Waals surface area contributed by atoms with E-state index in [1.54, 1.807) is 6.92 Å². The SMILES string of the molecule is C[C@H](NP(=O)(Cc1ccccc1)Cc1ccccc1)C(=O)N1CCC[C@H]1C(=O)N[C@H](C(=O)O)[C@@H](C)O. The highest BCUT2D eigenvalue weighted by Gasteiger charge is 2.39. The third-order valence-corrected chi connectivity index (χ3v) is 8.86. The summed E-state index contributed by atoms with van der Waals surface area (Å²) in [7, 11) is -3.11. The second kappa shape index (κ2) is 12.3. The number of amides is 2. The summed E-state index contributed by atoms with van der Waals surface area (Å²) >= 11 is 0. The van der Waals surface area contributed by atoms with Crippen molar-refractivity contribution >= 4 is 25.1 Å². The fourth-order valence-corrected chi connectivity index (χ4v) is 7.21. The molecule has 0 spiro atoms. The first-order chi connectivity index (χ1) is 17.1. The molecule has 1 aliphatic rings. The zero-order chi connectivity index (χ0) is 26.3. The molecule has 4 N–H and O–H groups in total. The van der Waals surface area contributed by atoms with Crippen molar-refractivity contribution in [2.45, 2.75) is 63.2 Å². The van der Waals surface area contributed by atoms with Crippen LogP contribution in [0.15, 0.2) is 60.7 Å². The Kier molecular flexibility index (Phi) is 9.43. The zero-order valence-electron chi connectivity index (χ0n) is 20.5. The molecule has 1 heterocycles. The summed E-state index contributed by atoms with van der Waals surface area (Å²) in [5.41, 5.74) is 1.78. The van der Waals surface area contributed by atoms with Crippen LogP contribution in [0.1, 0.15) is 37.8 Å². The third-order valence-electron chi connectivity index (χ3n) is 6.25. The van der Waals surface area contributed by atoms with Gasteiger partial charge < -0.3 is 25.0 Å². The van der Waals surface area contributed by atoms with E-state index in [0.29, 0.717) is 19.4 Å². The van der Waals surface area contributed by atoms with Gasteiger partial charge in [0.15, 0.2) is 13.3 Å². The van der Waals surface area contributed by atoms with Crippen LogP contribution in [0.4, 0.5) is 0 Å². The van der Waals surface area contributed by atoms with Gasteiger partial charge in [-0.3, -0.25) is 14.7 Å². The number of aliphatic carboxylic acids is 1. The van der Waals surface area contributed by atoms with E-state index in [1.165, 1.54) is 11.8 Å². The highest BCUT2D eigenvalue weighted by Crippen LogP contribution is 2.49. The van der Waals surface area contributed by atoms with E-state index in [9.17, 15) is 29.2 Å². The Hall–Kier alpha value is -3.00. The fourth-order valence-electron chi connectivity index (χ4n) is 4.50. The molecule has 1 fully saturated rings. The van der Waals surface area contributed by atoms with Gasteiger partial charge in [-0.15, -0.1) is 0 Å². The Balaban J connectivity index is 1.75. The van der Waals surface area contributed by atoms with Crippen molar-refractivity contribution in [1.82, 2.24) is 15.3 Å². The molecule has 0 aromatic heterocycles. The number of likely N-dealkylation sites (tertiary alicyclic amines) is 1. The van der Waals surface area contributed by atoms with Crippen molar-refractivity contribution < 1.29 is 29.2 Å². The summed E-state index contributed by atoms with van der Waals surface area (Å²) in [6, 6.07) is 15.7. The van der Waals surface area contributed by atoms with Crippen LogP contribution >= 0.6 is 7.29 Å². The Labute approximate surface area is 211 Å². The molecule has 1 saturated heterocycles. The van der Waals surface area contributed by atoms with Gasteiger partial charge in [-0.2, -0.15) is 0 Å². The normalized spacial score (nSPS) is 18.3. The summed E-state index contributed by atoms with van der Waals surface area (Å²) in [6.07, 6.45) is 0.189. The van der Waals surface area contributed by atoms with Gasteiger partial charge in [0.2, 0.25) is 11.8 Å². The van der Waals surface area contributed by atoms with Gasteiger partial charge in [0.1, 0.15) is 6.04 Å². The number of hydrogen-bond donors (Lipinski definition) is 4. The molecular weight excluding hydrogens is 481 g/mol. The Morgan fingerprint density at radius 3 is 2.00 bits per heavy atom. The number of aliphatic hydroxyl groups excluding tert-OH is 1. The van der Waals surface area contributed by atoms with E-state index in [2.05, 4.69) is 10.4 Å². The van der Waals surface area contributed by atoms with Crippen molar-refractivity contribution in [2.24, 2.45) is 0 Å². The molecule has 10 heteroatoms. The molecule has 4 atom stereocenters. The predicted octanol–water partition coefficient (Wildman–Crippen LogP) is 2.58. The van der Waals surface area contributed by atoms with E-state index in [4.69, 9.17) is 0 Å². The van der Waals surface area contributed by atoms with E-state index in [0.717, 1.165) is 11.1 Å². The molecule has 36 heavy (non-hydrogen) atoms. The Morgan fingerprint density at radius 2 is 1.53 bits per heavy atom. The van der Waals surface area contributed by atoms with Crippen LogP contribution in [-0.4, -0.2) is 63.7 Å². The van der Waals surface area contributed by atoms with Crippen molar-refractivity contribution in [2.75, 3.05) is 6.54 Å². The van der Waals surface area contributed by atoms with E-state index >= 15 is 0 Å². The Bertz CT molecular complexity index is 1050. The van der Waals surface area contributed by atoms with E-state index in [1.807, 2.05) is 60.7 Å².